The lowest BCUT2D eigenvalue weighted by Gasteiger charge is -2.16. The second kappa shape index (κ2) is 8.61. The van der Waals surface area contributed by atoms with Crippen molar-refractivity contribution in [2.24, 2.45) is 0 Å². The van der Waals surface area contributed by atoms with Crippen LogP contribution in [0.5, 0.6) is 0 Å². The van der Waals surface area contributed by atoms with Crippen LogP contribution in [0.2, 0.25) is 0 Å². The molecule has 28 heavy (non-hydrogen) atoms. The Hall–Kier alpha value is -3.28. The third kappa shape index (κ3) is 4.71. The molecule has 3 rings (SSSR count). The first-order valence-corrected chi connectivity index (χ1v) is 9.25. The van der Waals surface area contributed by atoms with Gasteiger partial charge >= 0.3 is 0 Å². The third-order valence-electron chi connectivity index (χ3n) is 4.39. The fourth-order valence-corrected chi connectivity index (χ4v) is 3.05. The van der Waals surface area contributed by atoms with E-state index in [9.17, 15) is 4.79 Å². The number of rotatable bonds is 6. The van der Waals surface area contributed by atoms with E-state index in [1.54, 1.807) is 18.5 Å². The van der Waals surface area contributed by atoms with E-state index >= 15 is 0 Å². The Labute approximate surface area is 165 Å². The van der Waals surface area contributed by atoms with Gasteiger partial charge in [-0.15, -0.1) is 0 Å². The van der Waals surface area contributed by atoms with E-state index in [-0.39, 0.29) is 11.9 Å². The zero-order chi connectivity index (χ0) is 20.1. The zero-order valence-electron chi connectivity index (χ0n) is 16.7. The Kier molecular flexibility index (Phi) is 5.99. The summed E-state index contributed by atoms with van der Waals surface area (Å²) < 4.78 is 0. The second-order valence-corrected chi connectivity index (χ2v) is 7.12. The van der Waals surface area contributed by atoms with E-state index < -0.39 is 0 Å². The van der Waals surface area contributed by atoms with Crippen LogP contribution in [0.25, 0.3) is 11.4 Å². The Morgan fingerprint density at radius 3 is 2.71 bits per heavy atom. The van der Waals surface area contributed by atoms with Crippen LogP contribution < -0.4 is 10.2 Å². The first kappa shape index (κ1) is 19.5. The van der Waals surface area contributed by atoms with Gasteiger partial charge in [-0.25, -0.2) is 9.97 Å². The first-order chi connectivity index (χ1) is 13.4. The number of amides is 1. The van der Waals surface area contributed by atoms with E-state index in [0.29, 0.717) is 11.4 Å². The zero-order valence-corrected chi connectivity index (χ0v) is 16.7. The number of carbonyl (C=O) groups is 1. The van der Waals surface area contributed by atoms with Gasteiger partial charge in [0.15, 0.2) is 5.82 Å². The average Bonchev–Trinajstić information content (AvgIpc) is 2.69. The van der Waals surface area contributed by atoms with Crippen LogP contribution in [-0.2, 0) is 6.42 Å². The molecule has 6 nitrogen and oxygen atoms in total. The standard InChI is InChI=1S/C22H25N5O/c1-15-13-24-20(26-21(15)27(3)4)18-8-5-9-19(12-18)22(28)25-16(2)11-17-7-6-10-23-14-17/h5-10,12-14,16H,11H2,1-4H3,(H,25,28). The lowest BCUT2D eigenvalue weighted by molar-refractivity contribution is 0.0940. The van der Waals surface area contributed by atoms with Crippen molar-refractivity contribution in [3.8, 4) is 11.4 Å². The van der Waals surface area contributed by atoms with Gasteiger partial charge < -0.3 is 10.2 Å². The van der Waals surface area contributed by atoms with Crippen LogP contribution in [0.15, 0.2) is 55.0 Å². The van der Waals surface area contributed by atoms with Crippen molar-refractivity contribution in [3.05, 3.63) is 71.7 Å². The van der Waals surface area contributed by atoms with E-state index in [1.165, 1.54) is 0 Å². The molecule has 0 fully saturated rings. The third-order valence-corrected chi connectivity index (χ3v) is 4.39. The summed E-state index contributed by atoms with van der Waals surface area (Å²) in [6.45, 7) is 3.97. The fraction of sp³-hybridized carbons (Fsp3) is 0.273. The van der Waals surface area contributed by atoms with Crippen molar-refractivity contribution >= 4 is 11.7 Å². The summed E-state index contributed by atoms with van der Waals surface area (Å²) in [5.41, 5.74) is 3.50. The van der Waals surface area contributed by atoms with Gasteiger partial charge in [0, 0.05) is 55.4 Å². The molecule has 144 valence electrons. The van der Waals surface area contributed by atoms with E-state index in [0.717, 1.165) is 28.9 Å². The highest BCUT2D eigenvalue weighted by Gasteiger charge is 2.13. The summed E-state index contributed by atoms with van der Waals surface area (Å²) in [5.74, 6) is 1.36. The minimum absolute atomic E-state index is 0.00340. The van der Waals surface area contributed by atoms with Crippen LogP contribution in [0.3, 0.4) is 0 Å². The van der Waals surface area contributed by atoms with Crippen LogP contribution in [-0.4, -0.2) is 41.0 Å². The van der Waals surface area contributed by atoms with Crippen molar-refractivity contribution in [1.29, 1.82) is 0 Å². The molecule has 2 aromatic heterocycles. The van der Waals surface area contributed by atoms with Gasteiger partial charge in [0.2, 0.25) is 0 Å². The molecule has 1 atom stereocenters. The highest BCUT2D eigenvalue weighted by Crippen LogP contribution is 2.21. The summed E-state index contributed by atoms with van der Waals surface area (Å²) in [4.78, 5) is 27.8. The molecular formula is C22H25N5O. The van der Waals surface area contributed by atoms with Gasteiger partial charge in [0.05, 0.1) is 0 Å². The van der Waals surface area contributed by atoms with Crippen molar-refractivity contribution in [2.75, 3.05) is 19.0 Å². The number of benzene rings is 1. The number of aromatic nitrogens is 3. The highest BCUT2D eigenvalue weighted by atomic mass is 16.1. The Morgan fingerprint density at radius 2 is 2.00 bits per heavy atom. The molecule has 1 unspecified atom stereocenters. The monoisotopic (exact) mass is 375 g/mol. The smallest absolute Gasteiger partial charge is 0.251 e. The second-order valence-electron chi connectivity index (χ2n) is 7.12. The molecular weight excluding hydrogens is 350 g/mol. The van der Waals surface area contributed by atoms with Gasteiger partial charge in [0.1, 0.15) is 5.82 Å². The summed E-state index contributed by atoms with van der Waals surface area (Å²) >= 11 is 0. The van der Waals surface area contributed by atoms with E-state index in [4.69, 9.17) is 0 Å². The summed E-state index contributed by atoms with van der Waals surface area (Å²) in [5, 5.41) is 3.05. The van der Waals surface area contributed by atoms with Gasteiger partial charge in [-0.05, 0) is 44.0 Å². The Morgan fingerprint density at radius 1 is 1.18 bits per heavy atom. The van der Waals surface area contributed by atoms with Crippen LogP contribution >= 0.6 is 0 Å². The number of aryl methyl sites for hydroxylation is 1. The van der Waals surface area contributed by atoms with Gasteiger partial charge in [-0.2, -0.15) is 0 Å². The van der Waals surface area contributed by atoms with Crippen molar-refractivity contribution in [2.45, 2.75) is 26.3 Å². The maximum Gasteiger partial charge on any atom is 0.251 e. The molecule has 0 saturated heterocycles. The Bertz CT molecular complexity index is 956. The summed E-state index contributed by atoms with van der Waals surface area (Å²) in [6, 6.07) is 11.3. The van der Waals surface area contributed by atoms with Crippen LogP contribution in [0, 0.1) is 6.92 Å². The lowest BCUT2D eigenvalue weighted by Crippen LogP contribution is -2.34. The maximum atomic E-state index is 12.7. The lowest BCUT2D eigenvalue weighted by atomic mass is 10.1. The van der Waals surface area contributed by atoms with E-state index in [2.05, 4.69) is 20.3 Å². The molecule has 0 aliphatic rings. The molecule has 0 saturated carbocycles. The number of pyridine rings is 1. The molecule has 0 bridgehead atoms. The molecule has 1 amide bonds. The normalized spacial score (nSPS) is 11.7. The number of hydrogen-bond acceptors (Lipinski definition) is 5. The SMILES string of the molecule is Cc1cnc(-c2cccc(C(=O)NC(C)Cc3cccnc3)c2)nc1N(C)C. The number of nitrogens with zero attached hydrogens (tertiary/aromatic N) is 4. The largest absolute Gasteiger partial charge is 0.362 e. The average molecular weight is 375 g/mol. The van der Waals surface area contributed by atoms with Crippen LogP contribution in [0.1, 0.15) is 28.4 Å². The molecule has 0 aliphatic carbocycles. The van der Waals surface area contributed by atoms with Crippen LogP contribution in [0.4, 0.5) is 5.82 Å². The topological polar surface area (TPSA) is 71.0 Å². The minimum Gasteiger partial charge on any atom is -0.362 e. The number of hydrogen-bond donors (Lipinski definition) is 1. The predicted molar refractivity (Wildman–Crippen MR) is 111 cm³/mol. The molecule has 6 heteroatoms. The minimum atomic E-state index is -0.113. The molecule has 3 aromatic rings. The van der Waals surface area contributed by atoms with Gasteiger partial charge in [-0.3, -0.25) is 9.78 Å². The van der Waals surface area contributed by atoms with Crippen molar-refractivity contribution in [1.82, 2.24) is 20.3 Å². The summed E-state index contributed by atoms with van der Waals surface area (Å²) in [7, 11) is 3.90. The summed E-state index contributed by atoms with van der Waals surface area (Å²) in [6.07, 6.45) is 6.10. The van der Waals surface area contributed by atoms with E-state index in [1.807, 2.05) is 69.4 Å². The number of nitrogens with one attached hydrogen (secondary N) is 1. The van der Waals surface area contributed by atoms with Gasteiger partial charge in [-0.1, -0.05) is 18.2 Å². The molecule has 2 heterocycles. The molecule has 0 radical (unpaired) electrons. The quantitative estimate of drug-likeness (QED) is 0.716. The molecule has 0 aliphatic heterocycles. The molecule has 0 spiro atoms. The highest BCUT2D eigenvalue weighted by molar-refractivity contribution is 5.95. The predicted octanol–water partition coefficient (Wildman–Crippen LogP) is 3.27. The van der Waals surface area contributed by atoms with Gasteiger partial charge in [0.25, 0.3) is 5.91 Å². The Balaban J connectivity index is 1.75. The fourth-order valence-electron chi connectivity index (χ4n) is 3.05. The first-order valence-electron chi connectivity index (χ1n) is 9.25. The number of anilines is 1. The molecule has 1 N–H and O–H groups in total. The molecule has 1 aromatic carbocycles. The number of carbonyl (C=O) groups excluding carboxylic acids is 1. The van der Waals surface area contributed by atoms with Crippen molar-refractivity contribution < 1.29 is 4.79 Å². The maximum absolute atomic E-state index is 12.7. The van der Waals surface area contributed by atoms with Crippen molar-refractivity contribution in [3.63, 3.8) is 0 Å².